The molecule has 0 spiro atoms. The van der Waals surface area contributed by atoms with Crippen LogP contribution in [0.4, 0.5) is 0 Å². The predicted octanol–water partition coefficient (Wildman–Crippen LogP) is 0.774. The second kappa shape index (κ2) is 8.36. The third-order valence-corrected chi connectivity index (χ3v) is 2.21. The fraction of sp³-hybridized carbons (Fsp3) is 0.385. The molecule has 6 nitrogen and oxygen atoms in total. The molecule has 0 aliphatic rings. The minimum Gasteiger partial charge on any atom is -0.366 e. The van der Waals surface area contributed by atoms with E-state index in [1.165, 1.54) is 7.11 Å². The Balaban J connectivity index is 2.76. The number of nitrogens with zero attached hydrogens (tertiary/aromatic N) is 1. The largest absolute Gasteiger partial charge is 0.366 e. The quantitative estimate of drug-likeness (QED) is 0.250. The average molecular weight is 266 g/mol. The molecule has 0 radical (unpaired) electrons. The number of aliphatic hydroxyl groups is 1. The van der Waals surface area contributed by atoms with Gasteiger partial charge in [0, 0.05) is 12.2 Å². The number of ether oxygens (including phenoxy) is 1. The van der Waals surface area contributed by atoms with E-state index in [2.05, 4.69) is 10.5 Å². The molecule has 0 aliphatic heterocycles. The molecule has 0 saturated carbocycles. The Labute approximate surface area is 112 Å². The summed E-state index contributed by atoms with van der Waals surface area (Å²) in [5.74, 6) is -0.293. The van der Waals surface area contributed by atoms with E-state index < -0.39 is 6.29 Å². The summed E-state index contributed by atoms with van der Waals surface area (Å²) in [7, 11) is 1.38. The Kier molecular flexibility index (Phi) is 6.73. The Morgan fingerprint density at radius 3 is 2.68 bits per heavy atom. The number of carbonyl (C=O) groups excluding carboxylic acids is 1. The summed E-state index contributed by atoms with van der Waals surface area (Å²) in [6.45, 7) is 2.09. The van der Waals surface area contributed by atoms with Crippen molar-refractivity contribution in [1.82, 2.24) is 5.48 Å². The highest BCUT2D eigenvalue weighted by molar-refractivity contribution is 6.44. The number of aliphatic imine (C=N–C) groups is 1. The summed E-state index contributed by atoms with van der Waals surface area (Å²) in [6, 6.07) is 8.68. The highest BCUT2D eigenvalue weighted by Gasteiger charge is 2.14. The van der Waals surface area contributed by atoms with Gasteiger partial charge in [0.25, 0.3) is 0 Å². The Bertz CT molecular complexity index is 420. The Morgan fingerprint density at radius 2 is 2.11 bits per heavy atom. The standard InChI is InChI=1S/C13H18N2O4/c1-3-19-11(16)9-14-13(15-18-2)12(17)10-7-5-4-6-8-10/h4-8,11,16H,3,9H2,1-2H3,(H,14,15). The maximum atomic E-state index is 12.1. The van der Waals surface area contributed by atoms with Crippen LogP contribution in [0.15, 0.2) is 35.3 Å². The maximum absolute atomic E-state index is 12.1. The molecule has 0 saturated heterocycles. The second-order valence-corrected chi connectivity index (χ2v) is 3.60. The smallest absolute Gasteiger partial charge is 0.229 e. The molecule has 0 aromatic heterocycles. The van der Waals surface area contributed by atoms with Gasteiger partial charge in [0.15, 0.2) is 12.1 Å². The number of amidine groups is 1. The van der Waals surface area contributed by atoms with Crippen LogP contribution in [-0.2, 0) is 9.57 Å². The van der Waals surface area contributed by atoms with Gasteiger partial charge in [0.05, 0.1) is 13.7 Å². The molecule has 104 valence electrons. The lowest BCUT2D eigenvalue weighted by Gasteiger charge is -2.10. The molecule has 19 heavy (non-hydrogen) atoms. The lowest BCUT2D eigenvalue weighted by molar-refractivity contribution is -0.0862. The van der Waals surface area contributed by atoms with E-state index in [1.54, 1.807) is 31.2 Å². The van der Waals surface area contributed by atoms with Gasteiger partial charge in [-0.1, -0.05) is 30.3 Å². The van der Waals surface area contributed by atoms with Crippen molar-refractivity contribution in [2.75, 3.05) is 20.3 Å². The number of benzene rings is 1. The van der Waals surface area contributed by atoms with Crippen LogP contribution in [0.2, 0.25) is 0 Å². The average Bonchev–Trinajstić information content (AvgIpc) is 2.44. The Hall–Kier alpha value is -1.76. The predicted molar refractivity (Wildman–Crippen MR) is 70.9 cm³/mol. The highest BCUT2D eigenvalue weighted by Crippen LogP contribution is 2.01. The van der Waals surface area contributed by atoms with Gasteiger partial charge in [-0.05, 0) is 6.92 Å². The first-order valence-corrected chi connectivity index (χ1v) is 5.91. The number of nitrogens with one attached hydrogen (secondary N) is 1. The lowest BCUT2D eigenvalue weighted by Crippen LogP contribution is -2.32. The SMILES string of the molecule is CCOC(O)CN=C(NOC)C(=O)c1ccccc1. The van der Waals surface area contributed by atoms with Gasteiger partial charge in [0.2, 0.25) is 5.78 Å². The molecule has 1 rings (SSSR count). The van der Waals surface area contributed by atoms with Gasteiger partial charge in [-0.3, -0.25) is 14.6 Å². The van der Waals surface area contributed by atoms with Crippen molar-refractivity contribution in [3.8, 4) is 0 Å². The number of hydrogen-bond acceptors (Lipinski definition) is 5. The van der Waals surface area contributed by atoms with Crippen molar-refractivity contribution >= 4 is 11.6 Å². The number of hydroxylamine groups is 1. The lowest BCUT2D eigenvalue weighted by atomic mass is 10.1. The molecule has 1 atom stereocenters. The minimum absolute atomic E-state index is 0.0208. The number of ketones is 1. The van der Waals surface area contributed by atoms with E-state index in [-0.39, 0.29) is 18.2 Å². The van der Waals surface area contributed by atoms with Gasteiger partial charge < -0.3 is 9.84 Å². The van der Waals surface area contributed by atoms with Gasteiger partial charge in [-0.25, -0.2) is 5.48 Å². The fourth-order valence-corrected chi connectivity index (χ4v) is 1.39. The van der Waals surface area contributed by atoms with Crippen LogP contribution >= 0.6 is 0 Å². The second-order valence-electron chi connectivity index (χ2n) is 3.60. The van der Waals surface area contributed by atoms with Crippen LogP contribution < -0.4 is 5.48 Å². The molecule has 1 aromatic carbocycles. The van der Waals surface area contributed by atoms with Crippen LogP contribution in [0.25, 0.3) is 0 Å². The molecule has 0 heterocycles. The molecule has 0 bridgehead atoms. The van der Waals surface area contributed by atoms with Crippen molar-refractivity contribution in [1.29, 1.82) is 0 Å². The van der Waals surface area contributed by atoms with Crippen LogP contribution in [0.1, 0.15) is 17.3 Å². The summed E-state index contributed by atoms with van der Waals surface area (Å²) in [4.78, 5) is 20.8. The molecule has 6 heteroatoms. The molecule has 1 unspecified atom stereocenters. The normalized spacial score (nSPS) is 13.1. The number of Topliss-reactive ketones (excluding diaryl/α,β-unsaturated/α-hetero) is 1. The first-order valence-electron chi connectivity index (χ1n) is 5.91. The molecule has 1 aromatic rings. The molecule has 0 amide bonds. The van der Waals surface area contributed by atoms with Gasteiger partial charge >= 0.3 is 0 Å². The Morgan fingerprint density at radius 1 is 1.42 bits per heavy atom. The van der Waals surface area contributed by atoms with Gasteiger partial charge in [-0.2, -0.15) is 0 Å². The zero-order valence-electron chi connectivity index (χ0n) is 11.0. The van der Waals surface area contributed by atoms with Crippen molar-refractivity contribution < 1.29 is 19.5 Å². The van der Waals surface area contributed by atoms with E-state index in [4.69, 9.17) is 9.57 Å². The van der Waals surface area contributed by atoms with E-state index in [0.717, 1.165) is 0 Å². The van der Waals surface area contributed by atoms with E-state index in [1.807, 2.05) is 6.07 Å². The number of rotatable bonds is 7. The van der Waals surface area contributed by atoms with E-state index >= 15 is 0 Å². The monoisotopic (exact) mass is 266 g/mol. The van der Waals surface area contributed by atoms with Crippen LogP contribution in [-0.4, -0.2) is 43.3 Å². The third kappa shape index (κ3) is 5.17. The fourth-order valence-electron chi connectivity index (χ4n) is 1.39. The topological polar surface area (TPSA) is 80.2 Å². The molecular weight excluding hydrogens is 248 g/mol. The van der Waals surface area contributed by atoms with Crippen LogP contribution in [0, 0.1) is 0 Å². The summed E-state index contributed by atoms with van der Waals surface area (Å²) in [5.41, 5.74) is 2.90. The van der Waals surface area contributed by atoms with Crippen molar-refractivity contribution in [3.63, 3.8) is 0 Å². The first kappa shape index (κ1) is 15.3. The molecular formula is C13H18N2O4. The van der Waals surface area contributed by atoms with Crippen molar-refractivity contribution in [2.45, 2.75) is 13.2 Å². The van der Waals surface area contributed by atoms with Crippen molar-refractivity contribution in [3.05, 3.63) is 35.9 Å². The summed E-state index contributed by atoms with van der Waals surface area (Å²) in [5, 5.41) is 9.41. The molecule has 2 N–H and O–H groups in total. The third-order valence-electron chi connectivity index (χ3n) is 2.21. The molecule has 0 fully saturated rings. The number of aliphatic hydroxyl groups excluding tert-OH is 1. The van der Waals surface area contributed by atoms with Crippen LogP contribution in [0.5, 0.6) is 0 Å². The summed E-state index contributed by atoms with van der Waals surface area (Å²) >= 11 is 0. The summed E-state index contributed by atoms with van der Waals surface area (Å²) < 4.78 is 4.92. The zero-order valence-corrected chi connectivity index (χ0v) is 11.0. The number of carbonyl (C=O) groups is 1. The zero-order chi connectivity index (χ0) is 14.1. The van der Waals surface area contributed by atoms with E-state index in [0.29, 0.717) is 12.2 Å². The summed E-state index contributed by atoms with van der Waals surface area (Å²) in [6.07, 6.45) is -1.04. The maximum Gasteiger partial charge on any atom is 0.229 e. The minimum atomic E-state index is -1.04. The first-order chi connectivity index (χ1) is 9.19. The highest BCUT2D eigenvalue weighted by atomic mass is 16.6. The molecule has 0 aliphatic carbocycles. The van der Waals surface area contributed by atoms with E-state index in [9.17, 15) is 9.90 Å². The van der Waals surface area contributed by atoms with Gasteiger partial charge in [0.1, 0.15) is 0 Å². The van der Waals surface area contributed by atoms with Gasteiger partial charge in [-0.15, -0.1) is 0 Å². The van der Waals surface area contributed by atoms with Crippen LogP contribution in [0.3, 0.4) is 0 Å². The number of hydrogen-bond donors (Lipinski definition) is 2. The van der Waals surface area contributed by atoms with Crippen molar-refractivity contribution in [2.24, 2.45) is 4.99 Å².